The molecule has 0 unspecified atom stereocenters. The number of rotatable bonds is 6. The van der Waals surface area contributed by atoms with Crippen LogP contribution in [0.4, 0.5) is 5.69 Å². The van der Waals surface area contributed by atoms with E-state index in [0.29, 0.717) is 17.7 Å². The predicted octanol–water partition coefficient (Wildman–Crippen LogP) is 3.25. The molecule has 114 valence electrons. The van der Waals surface area contributed by atoms with Crippen LogP contribution in [0.1, 0.15) is 35.7 Å². The zero-order valence-corrected chi connectivity index (χ0v) is 13.0. The van der Waals surface area contributed by atoms with Gasteiger partial charge in [0.25, 0.3) is 5.91 Å². The standard InChI is InChI=1S/C16H17N3O2S/c1-2-3-15(20)18-14-6-4-13(5-7-14)16(21)19-17-10-12-8-9-22-11-12/h4-11H,2-3H2,1H3,(H,18,20)(H,19,21)/b17-10+. The first-order chi connectivity index (χ1) is 10.7. The van der Waals surface area contributed by atoms with Gasteiger partial charge in [-0.3, -0.25) is 9.59 Å². The molecular formula is C16H17N3O2S. The van der Waals surface area contributed by atoms with Crippen LogP contribution in [0.25, 0.3) is 0 Å². The number of carbonyl (C=O) groups is 2. The van der Waals surface area contributed by atoms with Gasteiger partial charge in [0.15, 0.2) is 0 Å². The van der Waals surface area contributed by atoms with Gasteiger partial charge in [-0.1, -0.05) is 6.92 Å². The minimum atomic E-state index is -0.294. The third kappa shape index (κ3) is 4.82. The highest BCUT2D eigenvalue weighted by Crippen LogP contribution is 2.10. The predicted molar refractivity (Wildman–Crippen MR) is 89.4 cm³/mol. The molecule has 0 fully saturated rings. The van der Waals surface area contributed by atoms with E-state index in [2.05, 4.69) is 15.8 Å². The highest BCUT2D eigenvalue weighted by atomic mass is 32.1. The van der Waals surface area contributed by atoms with Gasteiger partial charge >= 0.3 is 0 Å². The number of thiophene rings is 1. The van der Waals surface area contributed by atoms with Gasteiger partial charge in [0.1, 0.15) is 0 Å². The molecule has 2 amide bonds. The van der Waals surface area contributed by atoms with Gasteiger partial charge < -0.3 is 5.32 Å². The van der Waals surface area contributed by atoms with Crippen molar-refractivity contribution < 1.29 is 9.59 Å². The lowest BCUT2D eigenvalue weighted by Crippen LogP contribution is -2.17. The summed E-state index contributed by atoms with van der Waals surface area (Å²) in [6.07, 6.45) is 2.88. The van der Waals surface area contributed by atoms with Crippen LogP contribution in [0.15, 0.2) is 46.2 Å². The van der Waals surface area contributed by atoms with Gasteiger partial charge in [-0.05, 0) is 47.5 Å². The van der Waals surface area contributed by atoms with Crippen molar-refractivity contribution in [3.63, 3.8) is 0 Å². The molecule has 22 heavy (non-hydrogen) atoms. The van der Waals surface area contributed by atoms with Gasteiger partial charge in [0, 0.05) is 23.2 Å². The maximum Gasteiger partial charge on any atom is 0.271 e. The summed E-state index contributed by atoms with van der Waals surface area (Å²) in [4.78, 5) is 23.4. The largest absolute Gasteiger partial charge is 0.326 e. The summed E-state index contributed by atoms with van der Waals surface area (Å²) in [6, 6.07) is 8.61. The van der Waals surface area contributed by atoms with E-state index < -0.39 is 0 Å². The first kappa shape index (κ1) is 15.9. The van der Waals surface area contributed by atoms with Crippen molar-refractivity contribution in [3.05, 3.63) is 52.2 Å². The molecule has 0 saturated carbocycles. The average Bonchev–Trinajstić information content (AvgIpc) is 3.01. The zero-order valence-electron chi connectivity index (χ0n) is 12.2. The third-order valence-electron chi connectivity index (χ3n) is 2.83. The van der Waals surface area contributed by atoms with Crippen molar-refractivity contribution in [2.45, 2.75) is 19.8 Å². The molecule has 0 spiro atoms. The van der Waals surface area contributed by atoms with E-state index in [-0.39, 0.29) is 11.8 Å². The molecule has 0 atom stereocenters. The lowest BCUT2D eigenvalue weighted by molar-refractivity contribution is -0.116. The lowest BCUT2D eigenvalue weighted by atomic mass is 10.2. The summed E-state index contributed by atoms with van der Waals surface area (Å²) in [7, 11) is 0. The van der Waals surface area contributed by atoms with Crippen molar-refractivity contribution in [1.29, 1.82) is 0 Å². The highest BCUT2D eigenvalue weighted by Gasteiger charge is 2.05. The zero-order chi connectivity index (χ0) is 15.8. The quantitative estimate of drug-likeness (QED) is 0.634. The Balaban J connectivity index is 1.89. The molecule has 0 aliphatic carbocycles. The summed E-state index contributed by atoms with van der Waals surface area (Å²) >= 11 is 1.57. The number of amides is 2. The molecule has 2 rings (SSSR count). The number of nitrogens with one attached hydrogen (secondary N) is 2. The third-order valence-corrected chi connectivity index (χ3v) is 3.53. The fourth-order valence-corrected chi connectivity index (χ4v) is 2.34. The van der Waals surface area contributed by atoms with Gasteiger partial charge in [-0.2, -0.15) is 16.4 Å². The molecule has 2 N–H and O–H groups in total. The van der Waals surface area contributed by atoms with Crippen LogP contribution < -0.4 is 10.7 Å². The summed E-state index contributed by atoms with van der Waals surface area (Å²) in [6.45, 7) is 1.95. The van der Waals surface area contributed by atoms with Gasteiger partial charge in [0.2, 0.25) is 5.91 Å². The Labute approximate surface area is 133 Å². The first-order valence-electron chi connectivity index (χ1n) is 6.94. The van der Waals surface area contributed by atoms with Crippen molar-refractivity contribution in [2.24, 2.45) is 5.10 Å². The smallest absolute Gasteiger partial charge is 0.271 e. The van der Waals surface area contributed by atoms with Crippen molar-refractivity contribution in [1.82, 2.24) is 5.43 Å². The lowest BCUT2D eigenvalue weighted by Gasteiger charge is -2.05. The molecule has 1 aromatic carbocycles. The SMILES string of the molecule is CCCC(=O)Nc1ccc(C(=O)N/N=C/c2ccsc2)cc1. The Morgan fingerprint density at radius 2 is 2.00 bits per heavy atom. The molecule has 2 aromatic rings. The molecule has 0 saturated heterocycles. The van der Waals surface area contributed by atoms with E-state index in [4.69, 9.17) is 0 Å². The topological polar surface area (TPSA) is 70.6 Å². The average molecular weight is 315 g/mol. The Morgan fingerprint density at radius 3 is 2.64 bits per heavy atom. The van der Waals surface area contributed by atoms with Gasteiger partial charge in [0.05, 0.1) is 6.21 Å². The maximum absolute atomic E-state index is 11.9. The Bertz CT molecular complexity index is 649. The van der Waals surface area contributed by atoms with Crippen LogP contribution in [0.2, 0.25) is 0 Å². The second kappa shape index (κ2) is 8.09. The van der Waals surface area contributed by atoms with E-state index in [0.717, 1.165) is 12.0 Å². The monoisotopic (exact) mass is 315 g/mol. The number of hydrogen-bond donors (Lipinski definition) is 2. The molecule has 0 bridgehead atoms. The molecular weight excluding hydrogens is 298 g/mol. The van der Waals surface area contributed by atoms with Gasteiger partial charge in [-0.25, -0.2) is 5.43 Å². The summed E-state index contributed by atoms with van der Waals surface area (Å²) in [5.41, 5.74) is 4.57. The van der Waals surface area contributed by atoms with Crippen LogP contribution in [0.5, 0.6) is 0 Å². The Morgan fingerprint density at radius 1 is 1.23 bits per heavy atom. The molecule has 0 radical (unpaired) electrons. The molecule has 0 aliphatic rings. The molecule has 5 nitrogen and oxygen atoms in total. The fraction of sp³-hybridized carbons (Fsp3) is 0.188. The number of hydrogen-bond acceptors (Lipinski definition) is 4. The molecule has 0 aliphatic heterocycles. The fourth-order valence-electron chi connectivity index (χ4n) is 1.73. The van der Waals surface area contributed by atoms with Crippen molar-refractivity contribution in [3.8, 4) is 0 Å². The minimum Gasteiger partial charge on any atom is -0.326 e. The Kier molecular flexibility index (Phi) is 5.85. The van der Waals surface area contributed by atoms with Gasteiger partial charge in [-0.15, -0.1) is 0 Å². The summed E-state index contributed by atoms with van der Waals surface area (Å²) in [5, 5.41) is 10.5. The van der Waals surface area contributed by atoms with Crippen molar-refractivity contribution >= 4 is 35.1 Å². The normalized spacial score (nSPS) is 10.6. The number of carbonyl (C=O) groups excluding carboxylic acids is 2. The van der Waals surface area contributed by atoms with E-state index >= 15 is 0 Å². The van der Waals surface area contributed by atoms with E-state index in [9.17, 15) is 9.59 Å². The second-order valence-corrected chi connectivity index (χ2v) is 5.41. The number of anilines is 1. The van der Waals surface area contributed by atoms with Crippen molar-refractivity contribution in [2.75, 3.05) is 5.32 Å². The molecule has 1 aromatic heterocycles. The van der Waals surface area contributed by atoms with Crippen LogP contribution >= 0.6 is 11.3 Å². The van der Waals surface area contributed by atoms with Crippen LogP contribution in [0.3, 0.4) is 0 Å². The number of nitrogens with zero attached hydrogens (tertiary/aromatic N) is 1. The number of hydrazone groups is 1. The van der Waals surface area contributed by atoms with Crippen LogP contribution in [0, 0.1) is 0 Å². The van der Waals surface area contributed by atoms with E-state index in [1.807, 2.05) is 23.8 Å². The maximum atomic E-state index is 11.9. The van der Waals surface area contributed by atoms with E-state index in [1.165, 1.54) is 0 Å². The summed E-state index contributed by atoms with van der Waals surface area (Å²) < 4.78 is 0. The molecule has 1 heterocycles. The second-order valence-electron chi connectivity index (χ2n) is 4.63. The van der Waals surface area contributed by atoms with Crippen LogP contribution in [-0.4, -0.2) is 18.0 Å². The first-order valence-corrected chi connectivity index (χ1v) is 7.89. The highest BCUT2D eigenvalue weighted by molar-refractivity contribution is 7.08. The Hall–Kier alpha value is -2.47. The molecule has 6 heteroatoms. The summed E-state index contributed by atoms with van der Waals surface area (Å²) in [5.74, 6) is -0.321. The number of benzene rings is 1. The minimum absolute atomic E-state index is 0.0277. The van der Waals surface area contributed by atoms with Crippen LogP contribution in [-0.2, 0) is 4.79 Å². The van der Waals surface area contributed by atoms with E-state index in [1.54, 1.807) is 41.8 Å².